The third-order valence-corrected chi connectivity index (χ3v) is 2.91. The van der Waals surface area contributed by atoms with E-state index in [0.717, 1.165) is 14.5 Å². The highest BCUT2D eigenvalue weighted by molar-refractivity contribution is 14.1. The molecular weight excluding hydrogens is 286 g/mol. The van der Waals surface area contributed by atoms with Gasteiger partial charge in [-0.05, 0) is 28.7 Å². The molecule has 0 unspecified atom stereocenters. The molecule has 0 amide bonds. The van der Waals surface area contributed by atoms with Gasteiger partial charge in [-0.15, -0.1) is 0 Å². The maximum absolute atomic E-state index is 5.95. The van der Waals surface area contributed by atoms with E-state index in [2.05, 4.69) is 27.6 Å². The fourth-order valence-corrected chi connectivity index (χ4v) is 2.61. The lowest BCUT2D eigenvalue weighted by atomic mass is 10.3. The summed E-state index contributed by atoms with van der Waals surface area (Å²) in [5.74, 6) is 0. The summed E-state index contributed by atoms with van der Waals surface area (Å²) in [5, 5.41) is 1.62. The molecule has 0 radical (unpaired) electrons. The van der Waals surface area contributed by atoms with Crippen molar-refractivity contribution >= 4 is 45.1 Å². The minimum Gasteiger partial charge on any atom is -0.349 e. The molecule has 2 aromatic heterocycles. The second-order valence-electron chi connectivity index (χ2n) is 2.58. The molecule has 2 aromatic rings. The average molecular weight is 293 g/mol. The molecule has 0 fully saturated rings. The Hall–Kier alpha value is -0.290. The van der Waals surface area contributed by atoms with E-state index in [1.165, 1.54) is 0 Å². The second kappa shape index (κ2) is 2.88. The van der Waals surface area contributed by atoms with Gasteiger partial charge in [0.15, 0.2) is 0 Å². The predicted octanol–water partition coefficient (Wildman–Crippen LogP) is 2.83. The number of hydrogen-bond acceptors (Lipinski definition) is 1. The highest BCUT2D eigenvalue weighted by Gasteiger charge is 2.07. The fourth-order valence-electron chi connectivity index (χ4n) is 1.25. The Kier molecular flexibility index (Phi) is 2.00. The van der Waals surface area contributed by atoms with Crippen molar-refractivity contribution in [3.8, 4) is 0 Å². The van der Waals surface area contributed by atoms with Crippen LogP contribution in [0, 0.1) is 3.57 Å². The number of pyridine rings is 1. The zero-order valence-electron chi connectivity index (χ0n) is 6.38. The predicted molar refractivity (Wildman–Crippen MR) is 58.4 cm³/mol. The van der Waals surface area contributed by atoms with Crippen LogP contribution in [0.15, 0.2) is 18.5 Å². The van der Waals surface area contributed by atoms with Crippen LogP contribution >= 0.6 is 34.2 Å². The molecule has 0 spiro atoms. The Morgan fingerprint density at radius 2 is 2.33 bits per heavy atom. The minimum absolute atomic E-state index is 0.581. The van der Waals surface area contributed by atoms with Crippen molar-refractivity contribution in [1.82, 2.24) is 9.55 Å². The first-order chi connectivity index (χ1) is 5.70. The van der Waals surface area contributed by atoms with E-state index in [9.17, 15) is 0 Å². The van der Waals surface area contributed by atoms with Crippen molar-refractivity contribution in [3.05, 3.63) is 27.2 Å². The van der Waals surface area contributed by atoms with E-state index >= 15 is 0 Å². The van der Waals surface area contributed by atoms with Crippen LogP contribution in [0.3, 0.4) is 0 Å². The molecule has 0 bridgehead atoms. The molecule has 0 aliphatic heterocycles. The van der Waals surface area contributed by atoms with E-state index in [-0.39, 0.29) is 0 Å². The van der Waals surface area contributed by atoms with Gasteiger partial charge in [-0.25, -0.2) is 4.98 Å². The minimum atomic E-state index is 0.581. The molecule has 0 saturated heterocycles. The maximum Gasteiger partial charge on any atom is 0.139 e. The van der Waals surface area contributed by atoms with Crippen LogP contribution < -0.4 is 0 Å². The van der Waals surface area contributed by atoms with Crippen molar-refractivity contribution in [2.75, 3.05) is 0 Å². The second-order valence-corrected chi connectivity index (χ2v) is 4.10. The van der Waals surface area contributed by atoms with E-state index in [4.69, 9.17) is 11.6 Å². The lowest BCUT2D eigenvalue weighted by Crippen LogP contribution is -1.83. The Morgan fingerprint density at radius 1 is 1.58 bits per heavy atom. The number of halogens is 2. The van der Waals surface area contributed by atoms with Gasteiger partial charge in [0.2, 0.25) is 0 Å². The first-order valence-electron chi connectivity index (χ1n) is 3.45. The van der Waals surface area contributed by atoms with Crippen molar-refractivity contribution in [2.45, 2.75) is 0 Å². The van der Waals surface area contributed by atoms with Crippen molar-refractivity contribution < 1.29 is 0 Å². The molecule has 0 aliphatic rings. The third-order valence-electron chi connectivity index (χ3n) is 1.81. The molecule has 12 heavy (non-hydrogen) atoms. The first kappa shape index (κ1) is 8.31. The Bertz CT molecular complexity index is 436. The van der Waals surface area contributed by atoms with Crippen LogP contribution in [-0.2, 0) is 7.05 Å². The zero-order chi connectivity index (χ0) is 8.72. The molecule has 0 atom stereocenters. The van der Waals surface area contributed by atoms with Gasteiger partial charge in [0.05, 0.1) is 10.9 Å². The van der Waals surface area contributed by atoms with Gasteiger partial charge in [0.1, 0.15) is 5.15 Å². The largest absolute Gasteiger partial charge is 0.349 e. The lowest BCUT2D eigenvalue weighted by Gasteiger charge is -1.95. The number of aryl methyl sites for hydroxylation is 1. The van der Waals surface area contributed by atoms with Gasteiger partial charge in [0.25, 0.3) is 0 Å². The van der Waals surface area contributed by atoms with E-state index in [1.54, 1.807) is 6.20 Å². The fraction of sp³-hybridized carbons (Fsp3) is 0.125. The smallest absolute Gasteiger partial charge is 0.139 e. The Morgan fingerprint density at radius 3 is 3.00 bits per heavy atom. The summed E-state index contributed by atoms with van der Waals surface area (Å²) in [4.78, 5) is 4.03. The van der Waals surface area contributed by atoms with Crippen LogP contribution in [0.4, 0.5) is 0 Å². The number of hydrogen-bond donors (Lipinski definition) is 0. The summed E-state index contributed by atoms with van der Waals surface area (Å²) < 4.78 is 3.19. The number of fused-ring (bicyclic) bond motifs is 1. The molecule has 2 rings (SSSR count). The van der Waals surface area contributed by atoms with E-state index < -0.39 is 0 Å². The van der Waals surface area contributed by atoms with E-state index in [0.29, 0.717) is 5.15 Å². The van der Waals surface area contributed by atoms with Crippen LogP contribution in [0.5, 0.6) is 0 Å². The Labute approximate surface area is 88.7 Å². The van der Waals surface area contributed by atoms with Gasteiger partial charge in [-0.3, -0.25) is 0 Å². The van der Waals surface area contributed by atoms with Gasteiger partial charge in [0, 0.05) is 23.0 Å². The Balaban J connectivity index is 2.99. The number of aromatic nitrogens is 2. The molecule has 2 heterocycles. The quantitative estimate of drug-likeness (QED) is 0.539. The van der Waals surface area contributed by atoms with Gasteiger partial charge < -0.3 is 4.57 Å². The SMILES string of the molecule is Cn1cc(I)c2c(Cl)nccc21. The summed E-state index contributed by atoms with van der Waals surface area (Å²) in [6.45, 7) is 0. The van der Waals surface area contributed by atoms with Gasteiger partial charge in [-0.1, -0.05) is 11.6 Å². The molecule has 0 saturated carbocycles. The third kappa shape index (κ3) is 1.11. The summed E-state index contributed by atoms with van der Waals surface area (Å²) >= 11 is 8.21. The van der Waals surface area contributed by atoms with Crippen LogP contribution in [0.25, 0.3) is 10.9 Å². The van der Waals surface area contributed by atoms with Crippen LogP contribution in [-0.4, -0.2) is 9.55 Å². The summed E-state index contributed by atoms with van der Waals surface area (Å²) in [7, 11) is 2.00. The standard InChI is InChI=1S/C8H6ClIN2/c1-12-4-5(10)7-6(12)2-3-11-8(7)9/h2-4H,1H3. The highest BCUT2D eigenvalue weighted by atomic mass is 127. The molecule has 2 nitrogen and oxygen atoms in total. The molecular formula is C8H6ClIN2. The van der Waals surface area contributed by atoms with Crippen LogP contribution in [0.1, 0.15) is 0 Å². The highest BCUT2D eigenvalue weighted by Crippen LogP contribution is 2.26. The lowest BCUT2D eigenvalue weighted by molar-refractivity contribution is 0.965. The zero-order valence-corrected chi connectivity index (χ0v) is 9.30. The molecule has 0 aromatic carbocycles. The summed E-state index contributed by atoms with van der Waals surface area (Å²) in [5.41, 5.74) is 1.12. The molecule has 62 valence electrons. The number of nitrogens with zero attached hydrogens (tertiary/aromatic N) is 2. The van der Waals surface area contributed by atoms with Crippen LogP contribution in [0.2, 0.25) is 5.15 Å². The summed E-state index contributed by atoms with van der Waals surface area (Å²) in [6, 6.07) is 1.96. The van der Waals surface area contributed by atoms with Crippen molar-refractivity contribution in [2.24, 2.45) is 7.05 Å². The number of rotatable bonds is 0. The van der Waals surface area contributed by atoms with E-state index in [1.807, 2.05) is 23.9 Å². The average Bonchev–Trinajstić information content (AvgIpc) is 2.29. The first-order valence-corrected chi connectivity index (χ1v) is 4.91. The molecule has 4 heteroatoms. The topological polar surface area (TPSA) is 17.8 Å². The van der Waals surface area contributed by atoms with Gasteiger partial charge in [-0.2, -0.15) is 0 Å². The maximum atomic E-state index is 5.95. The monoisotopic (exact) mass is 292 g/mol. The van der Waals surface area contributed by atoms with Gasteiger partial charge >= 0.3 is 0 Å². The van der Waals surface area contributed by atoms with Crippen molar-refractivity contribution in [1.29, 1.82) is 0 Å². The summed E-state index contributed by atoms with van der Waals surface area (Å²) in [6.07, 6.45) is 3.76. The molecule has 0 aliphatic carbocycles. The normalized spacial score (nSPS) is 10.9. The van der Waals surface area contributed by atoms with Crippen molar-refractivity contribution in [3.63, 3.8) is 0 Å². The molecule has 0 N–H and O–H groups in total.